The van der Waals surface area contributed by atoms with Crippen LogP contribution in [0.4, 0.5) is 0 Å². The molecule has 0 aromatic carbocycles. The van der Waals surface area contributed by atoms with Crippen LogP contribution in [-0.2, 0) is 9.53 Å². The second-order valence-corrected chi connectivity index (χ2v) is 4.49. The second-order valence-electron chi connectivity index (χ2n) is 4.49. The molecule has 80 valence electrons. The number of methoxy groups -OCH3 is 1. The van der Waals surface area contributed by atoms with Gasteiger partial charge in [0, 0.05) is 12.0 Å². The Morgan fingerprint density at radius 3 is 2.57 bits per heavy atom. The molecule has 14 heavy (non-hydrogen) atoms. The Bertz CT molecular complexity index is 217. The Morgan fingerprint density at radius 1 is 1.36 bits per heavy atom. The summed E-state index contributed by atoms with van der Waals surface area (Å²) in [6, 6.07) is 0. The maximum atomic E-state index is 11.1. The molecule has 0 unspecified atom stereocenters. The lowest BCUT2D eigenvalue weighted by Crippen LogP contribution is -2.38. The number of rotatable bonds is 3. The molecule has 0 N–H and O–H groups in total. The molecule has 0 aromatic heterocycles. The topological polar surface area (TPSA) is 29.5 Å². The van der Waals surface area contributed by atoms with Crippen molar-refractivity contribution >= 4 is 5.97 Å². The van der Waals surface area contributed by atoms with E-state index in [1.165, 1.54) is 45.9 Å². The molecule has 0 atom stereocenters. The van der Waals surface area contributed by atoms with Gasteiger partial charge in [0.2, 0.25) is 0 Å². The molecule has 2 aliphatic rings. The molecule has 2 heterocycles. The summed E-state index contributed by atoms with van der Waals surface area (Å²) in [4.78, 5) is 13.7. The molecule has 2 rings (SSSR count). The van der Waals surface area contributed by atoms with Crippen molar-refractivity contribution in [3.8, 4) is 0 Å². The summed E-state index contributed by atoms with van der Waals surface area (Å²) in [5.74, 6) is -0.0573. The van der Waals surface area contributed by atoms with Crippen molar-refractivity contribution in [2.45, 2.75) is 44.1 Å². The van der Waals surface area contributed by atoms with Gasteiger partial charge in [-0.1, -0.05) is 0 Å². The van der Waals surface area contributed by atoms with Gasteiger partial charge in [-0.3, -0.25) is 9.69 Å². The molecular formula is C11H19NO2. The first-order valence-corrected chi connectivity index (χ1v) is 5.59. The van der Waals surface area contributed by atoms with Crippen LogP contribution in [0.5, 0.6) is 0 Å². The average molecular weight is 197 g/mol. The van der Waals surface area contributed by atoms with E-state index in [0.717, 1.165) is 6.42 Å². The molecule has 2 saturated heterocycles. The molecular weight excluding hydrogens is 178 g/mol. The molecule has 0 radical (unpaired) electrons. The van der Waals surface area contributed by atoms with Gasteiger partial charge in [0.15, 0.2) is 0 Å². The summed E-state index contributed by atoms with van der Waals surface area (Å²) in [6.45, 7) is 2.47. The minimum Gasteiger partial charge on any atom is -0.469 e. The third-order valence-corrected chi connectivity index (χ3v) is 3.83. The van der Waals surface area contributed by atoms with E-state index in [-0.39, 0.29) is 5.97 Å². The van der Waals surface area contributed by atoms with Gasteiger partial charge in [0.25, 0.3) is 0 Å². The van der Waals surface area contributed by atoms with E-state index in [4.69, 9.17) is 4.74 Å². The van der Waals surface area contributed by atoms with Gasteiger partial charge in [0.05, 0.1) is 7.11 Å². The van der Waals surface area contributed by atoms with Crippen LogP contribution in [0.2, 0.25) is 0 Å². The number of ether oxygens (including phenoxy) is 1. The summed E-state index contributed by atoms with van der Waals surface area (Å²) in [5, 5.41) is 0. The van der Waals surface area contributed by atoms with Crippen LogP contribution in [0.15, 0.2) is 0 Å². The van der Waals surface area contributed by atoms with E-state index >= 15 is 0 Å². The van der Waals surface area contributed by atoms with Gasteiger partial charge >= 0.3 is 5.97 Å². The summed E-state index contributed by atoms with van der Waals surface area (Å²) in [7, 11) is 1.47. The van der Waals surface area contributed by atoms with E-state index in [1.54, 1.807) is 0 Å². The lowest BCUT2D eigenvalue weighted by molar-refractivity contribution is -0.141. The van der Waals surface area contributed by atoms with Crippen LogP contribution in [-0.4, -0.2) is 36.6 Å². The van der Waals surface area contributed by atoms with Crippen molar-refractivity contribution in [3.05, 3.63) is 0 Å². The summed E-state index contributed by atoms with van der Waals surface area (Å²) < 4.78 is 4.70. The Kier molecular flexibility index (Phi) is 2.77. The standard InChI is InChI=1S/C11H19NO2/c1-14-10(13)4-7-11-5-2-8-12(11)9-3-6-11/h2-9H2,1H3. The number of hydrogen-bond acceptors (Lipinski definition) is 3. The van der Waals surface area contributed by atoms with Gasteiger partial charge < -0.3 is 4.74 Å². The number of carbonyl (C=O) groups is 1. The third-order valence-electron chi connectivity index (χ3n) is 3.83. The highest BCUT2D eigenvalue weighted by atomic mass is 16.5. The summed E-state index contributed by atoms with van der Waals surface area (Å²) in [5.41, 5.74) is 0.369. The smallest absolute Gasteiger partial charge is 0.305 e. The summed E-state index contributed by atoms with van der Waals surface area (Å²) in [6.07, 6.45) is 6.77. The highest BCUT2D eigenvalue weighted by molar-refractivity contribution is 5.69. The van der Waals surface area contributed by atoms with Crippen LogP contribution < -0.4 is 0 Å². The Hall–Kier alpha value is -0.570. The van der Waals surface area contributed by atoms with E-state index < -0.39 is 0 Å². The number of esters is 1. The molecule has 0 bridgehead atoms. The monoisotopic (exact) mass is 197 g/mol. The minimum absolute atomic E-state index is 0.0573. The number of nitrogens with zero attached hydrogens (tertiary/aromatic N) is 1. The largest absolute Gasteiger partial charge is 0.469 e. The molecule has 0 amide bonds. The number of carbonyl (C=O) groups excluding carboxylic acids is 1. The molecule has 0 saturated carbocycles. The first kappa shape index (κ1) is 9.97. The molecule has 0 aromatic rings. The van der Waals surface area contributed by atoms with Crippen molar-refractivity contribution in [1.82, 2.24) is 4.90 Å². The van der Waals surface area contributed by atoms with Crippen LogP contribution in [0.25, 0.3) is 0 Å². The summed E-state index contributed by atoms with van der Waals surface area (Å²) >= 11 is 0. The Labute approximate surface area is 85.4 Å². The van der Waals surface area contributed by atoms with Crippen LogP contribution >= 0.6 is 0 Å². The zero-order valence-corrected chi connectivity index (χ0v) is 8.92. The Balaban J connectivity index is 1.91. The second kappa shape index (κ2) is 3.89. The first-order valence-electron chi connectivity index (χ1n) is 5.59. The van der Waals surface area contributed by atoms with Gasteiger partial charge in [-0.05, 0) is 45.2 Å². The first-order chi connectivity index (χ1) is 6.77. The highest BCUT2D eigenvalue weighted by Crippen LogP contribution is 2.41. The molecule has 3 nitrogen and oxygen atoms in total. The predicted molar refractivity (Wildman–Crippen MR) is 54.0 cm³/mol. The van der Waals surface area contributed by atoms with E-state index in [0.29, 0.717) is 12.0 Å². The number of hydrogen-bond donors (Lipinski definition) is 0. The van der Waals surface area contributed by atoms with Crippen molar-refractivity contribution in [2.75, 3.05) is 20.2 Å². The minimum atomic E-state index is -0.0573. The van der Waals surface area contributed by atoms with Gasteiger partial charge in [-0.2, -0.15) is 0 Å². The van der Waals surface area contributed by atoms with Crippen LogP contribution in [0.1, 0.15) is 38.5 Å². The SMILES string of the molecule is COC(=O)CCC12CCCN1CCC2. The molecule has 0 aliphatic carbocycles. The van der Waals surface area contributed by atoms with Crippen molar-refractivity contribution in [3.63, 3.8) is 0 Å². The van der Waals surface area contributed by atoms with E-state index in [1.807, 2.05) is 0 Å². The quantitative estimate of drug-likeness (QED) is 0.643. The molecule has 3 heteroatoms. The molecule has 0 spiro atoms. The van der Waals surface area contributed by atoms with Gasteiger partial charge in [-0.25, -0.2) is 0 Å². The fraction of sp³-hybridized carbons (Fsp3) is 0.909. The lowest BCUT2D eigenvalue weighted by Gasteiger charge is -2.31. The Morgan fingerprint density at radius 2 is 2.00 bits per heavy atom. The molecule has 2 fully saturated rings. The van der Waals surface area contributed by atoms with Gasteiger partial charge in [-0.15, -0.1) is 0 Å². The van der Waals surface area contributed by atoms with Crippen LogP contribution in [0, 0.1) is 0 Å². The van der Waals surface area contributed by atoms with E-state index in [9.17, 15) is 4.79 Å². The lowest BCUT2D eigenvalue weighted by atomic mass is 9.89. The fourth-order valence-corrected chi connectivity index (χ4v) is 3.07. The maximum Gasteiger partial charge on any atom is 0.305 e. The fourth-order valence-electron chi connectivity index (χ4n) is 3.07. The zero-order valence-electron chi connectivity index (χ0n) is 8.92. The maximum absolute atomic E-state index is 11.1. The zero-order chi connectivity index (χ0) is 10.0. The van der Waals surface area contributed by atoms with Crippen molar-refractivity contribution in [1.29, 1.82) is 0 Å². The average Bonchev–Trinajstić information content (AvgIpc) is 2.72. The number of fused-ring (bicyclic) bond motifs is 1. The molecule has 2 aliphatic heterocycles. The van der Waals surface area contributed by atoms with Gasteiger partial charge in [0.1, 0.15) is 0 Å². The van der Waals surface area contributed by atoms with Crippen molar-refractivity contribution < 1.29 is 9.53 Å². The highest BCUT2D eigenvalue weighted by Gasteiger charge is 2.43. The third kappa shape index (κ3) is 1.65. The van der Waals surface area contributed by atoms with Crippen molar-refractivity contribution in [2.24, 2.45) is 0 Å². The van der Waals surface area contributed by atoms with E-state index in [2.05, 4.69) is 4.90 Å². The predicted octanol–water partition coefficient (Wildman–Crippen LogP) is 1.57. The normalized spacial score (nSPS) is 24.9. The van der Waals surface area contributed by atoms with Crippen LogP contribution in [0.3, 0.4) is 0 Å².